The van der Waals surface area contributed by atoms with Crippen LogP contribution in [0, 0.1) is 0 Å². The van der Waals surface area contributed by atoms with Gasteiger partial charge in [0.05, 0.1) is 11.1 Å². The second-order valence-electron chi connectivity index (χ2n) is 5.82. The van der Waals surface area contributed by atoms with Gasteiger partial charge in [-0.25, -0.2) is 9.59 Å². The average molecular weight is 344 g/mol. The van der Waals surface area contributed by atoms with Gasteiger partial charge in [-0.1, -0.05) is 36.4 Å². The first-order valence-electron chi connectivity index (χ1n) is 7.87. The maximum absolute atomic E-state index is 12.1. The predicted molar refractivity (Wildman–Crippen MR) is 95.4 cm³/mol. The topological polar surface area (TPSA) is 52.6 Å². The molecule has 2 aromatic carbocycles. The average Bonchev–Trinajstić information content (AvgIpc) is 2.61. The van der Waals surface area contributed by atoms with Crippen LogP contribution >= 0.6 is 10.0 Å². The Bertz CT molecular complexity index is 638. The van der Waals surface area contributed by atoms with Gasteiger partial charge in [0, 0.05) is 0 Å². The van der Waals surface area contributed by atoms with Crippen LogP contribution in [0.2, 0.25) is 0 Å². The zero-order chi connectivity index (χ0) is 16.8. The molecule has 0 aliphatic carbocycles. The van der Waals surface area contributed by atoms with Gasteiger partial charge < -0.3 is 9.47 Å². The molecule has 0 bridgehead atoms. The molecule has 0 saturated carbocycles. The lowest BCUT2D eigenvalue weighted by Crippen LogP contribution is -2.31. The Morgan fingerprint density at radius 2 is 1.17 bits per heavy atom. The van der Waals surface area contributed by atoms with Crippen molar-refractivity contribution in [3.8, 4) is 0 Å². The van der Waals surface area contributed by atoms with Crippen molar-refractivity contribution < 1.29 is 19.1 Å². The second kappa shape index (κ2) is 7.53. The minimum atomic E-state index is -1.19. The van der Waals surface area contributed by atoms with Crippen molar-refractivity contribution in [3.63, 3.8) is 0 Å². The SMILES string of the molecule is O=C(OCS1(COC(=O)c2ccccc2)CCC1)c1ccccc1. The van der Waals surface area contributed by atoms with Crippen molar-refractivity contribution in [2.24, 2.45) is 0 Å². The number of ether oxygens (including phenoxy) is 2. The lowest BCUT2D eigenvalue weighted by Gasteiger charge is -2.45. The molecule has 1 aliphatic rings. The van der Waals surface area contributed by atoms with Gasteiger partial charge in [0.1, 0.15) is 11.9 Å². The fourth-order valence-corrected chi connectivity index (χ4v) is 4.85. The molecule has 0 spiro atoms. The van der Waals surface area contributed by atoms with Gasteiger partial charge in [-0.15, -0.1) is 0 Å². The van der Waals surface area contributed by atoms with E-state index in [9.17, 15) is 9.59 Å². The summed E-state index contributed by atoms with van der Waals surface area (Å²) in [6.07, 6.45) is 1.10. The number of esters is 2. The molecule has 1 heterocycles. The molecule has 1 saturated heterocycles. The first-order valence-corrected chi connectivity index (χ1v) is 10.2. The van der Waals surface area contributed by atoms with E-state index >= 15 is 0 Å². The van der Waals surface area contributed by atoms with Crippen LogP contribution in [0.1, 0.15) is 27.1 Å². The van der Waals surface area contributed by atoms with Crippen molar-refractivity contribution in [2.75, 3.05) is 23.4 Å². The summed E-state index contributed by atoms with van der Waals surface area (Å²) in [5, 5.41) is 0. The van der Waals surface area contributed by atoms with Crippen LogP contribution in [0.5, 0.6) is 0 Å². The first-order chi connectivity index (χ1) is 11.7. The van der Waals surface area contributed by atoms with Crippen molar-refractivity contribution in [1.82, 2.24) is 0 Å². The monoisotopic (exact) mass is 344 g/mol. The Morgan fingerprint density at radius 3 is 1.50 bits per heavy atom. The maximum Gasteiger partial charge on any atom is 0.338 e. The van der Waals surface area contributed by atoms with Crippen LogP contribution in [-0.4, -0.2) is 35.3 Å². The quantitative estimate of drug-likeness (QED) is 0.748. The summed E-state index contributed by atoms with van der Waals surface area (Å²) in [4.78, 5) is 24.1. The van der Waals surface area contributed by atoms with Gasteiger partial charge in [0.25, 0.3) is 0 Å². The van der Waals surface area contributed by atoms with Crippen LogP contribution in [0.4, 0.5) is 0 Å². The Morgan fingerprint density at radius 1 is 0.750 bits per heavy atom. The summed E-state index contributed by atoms with van der Waals surface area (Å²) < 4.78 is 11.0. The fraction of sp³-hybridized carbons (Fsp3) is 0.263. The molecule has 0 atom stereocenters. The molecule has 1 aliphatic heterocycles. The van der Waals surface area contributed by atoms with Gasteiger partial charge in [0.15, 0.2) is 0 Å². The summed E-state index contributed by atoms with van der Waals surface area (Å²) in [6, 6.07) is 17.9. The molecule has 0 aromatic heterocycles. The number of hydrogen-bond acceptors (Lipinski definition) is 4. The minimum absolute atomic E-state index is 0.316. The molecule has 24 heavy (non-hydrogen) atoms. The fourth-order valence-electron chi connectivity index (χ4n) is 2.49. The molecule has 126 valence electrons. The molecule has 4 nitrogen and oxygen atoms in total. The van der Waals surface area contributed by atoms with Gasteiger partial charge in [0.2, 0.25) is 0 Å². The van der Waals surface area contributed by atoms with E-state index in [4.69, 9.17) is 9.47 Å². The number of hydrogen-bond donors (Lipinski definition) is 0. The highest BCUT2D eigenvalue weighted by atomic mass is 32.3. The number of rotatable bonds is 6. The zero-order valence-corrected chi connectivity index (χ0v) is 14.2. The highest BCUT2D eigenvalue weighted by Gasteiger charge is 2.34. The lowest BCUT2D eigenvalue weighted by atomic mass is 10.2. The molecular formula is C19H20O4S. The summed E-state index contributed by atoms with van der Waals surface area (Å²) in [5.74, 6) is 2.06. The third kappa shape index (κ3) is 3.97. The number of carbonyl (C=O) groups excluding carboxylic acids is 2. The van der Waals surface area contributed by atoms with E-state index in [-0.39, 0.29) is 11.9 Å². The summed E-state index contributed by atoms with van der Waals surface area (Å²) in [5.41, 5.74) is 1.10. The molecule has 0 amide bonds. The van der Waals surface area contributed by atoms with Crippen LogP contribution < -0.4 is 0 Å². The summed E-state index contributed by atoms with van der Waals surface area (Å²) in [7, 11) is -1.19. The molecule has 5 heteroatoms. The highest BCUT2D eigenvalue weighted by Crippen LogP contribution is 2.56. The largest absolute Gasteiger partial charge is 0.452 e. The Balaban J connectivity index is 1.53. The highest BCUT2D eigenvalue weighted by molar-refractivity contribution is 8.34. The maximum atomic E-state index is 12.1. The van der Waals surface area contributed by atoms with Crippen LogP contribution in [-0.2, 0) is 9.47 Å². The Kier molecular flexibility index (Phi) is 5.20. The normalized spacial score (nSPS) is 16.5. The van der Waals surface area contributed by atoms with Crippen LogP contribution in [0.3, 0.4) is 0 Å². The zero-order valence-electron chi connectivity index (χ0n) is 13.4. The van der Waals surface area contributed by atoms with Gasteiger partial charge in [-0.3, -0.25) is 0 Å². The van der Waals surface area contributed by atoms with E-state index in [0.717, 1.165) is 17.9 Å². The summed E-state index contributed by atoms with van der Waals surface area (Å²) >= 11 is 0. The smallest absolute Gasteiger partial charge is 0.338 e. The van der Waals surface area contributed by atoms with E-state index in [1.807, 2.05) is 36.4 Å². The van der Waals surface area contributed by atoms with E-state index < -0.39 is 10.0 Å². The van der Waals surface area contributed by atoms with Crippen molar-refractivity contribution in [1.29, 1.82) is 0 Å². The van der Waals surface area contributed by atoms with Crippen molar-refractivity contribution in [2.45, 2.75) is 6.42 Å². The minimum Gasteiger partial charge on any atom is -0.452 e. The number of carbonyl (C=O) groups is 2. The molecule has 0 unspecified atom stereocenters. The third-order valence-corrected chi connectivity index (χ3v) is 7.60. The van der Waals surface area contributed by atoms with E-state index in [1.165, 1.54) is 0 Å². The summed E-state index contributed by atoms with van der Waals surface area (Å²) in [6.45, 7) is 0. The number of benzene rings is 2. The standard InChI is InChI=1S/C19H20O4S/c20-18(16-8-3-1-4-9-16)22-14-24(12-7-13-24)15-23-19(21)17-10-5-2-6-11-17/h1-6,8-11H,7,12-15H2. The molecule has 0 N–H and O–H groups in total. The second-order valence-corrected chi connectivity index (χ2v) is 9.56. The van der Waals surface area contributed by atoms with Gasteiger partial charge in [-0.05, 0) is 42.2 Å². The van der Waals surface area contributed by atoms with Crippen LogP contribution in [0.15, 0.2) is 60.7 Å². The van der Waals surface area contributed by atoms with Gasteiger partial charge >= 0.3 is 11.9 Å². The Labute approximate surface area is 143 Å². The predicted octanol–water partition coefficient (Wildman–Crippen LogP) is 3.82. The third-order valence-electron chi connectivity index (χ3n) is 4.05. The molecular weight excluding hydrogens is 324 g/mol. The molecule has 1 fully saturated rings. The van der Waals surface area contributed by atoms with Gasteiger partial charge in [-0.2, -0.15) is 10.0 Å². The van der Waals surface area contributed by atoms with E-state index in [1.54, 1.807) is 24.3 Å². The van der Waals surface area contributed by atoms with E-state index in [0.29, 0.717) is 23.0 Å². The lowest BCUT2D eigenvalue weighted by molar-refractivity contribution is 0.0556. The van der Waals surface area contributed by atoms with Crippen LogP contribution in [0.25, 0.3) is 0 Å². The molecule has 2 aromatic rings. The molecule has 0 radical (unpaired) electrons. The first kappa shape index (κ1) is 16.6. The van der Waals surface area contributed by atoms with E-state index in [2.05, 4.69) is 0 Å². The van der Waals surface area contributed by atoms with Crippen molar-refractivity contribution in [3.05, 3.63) is 71.8 Å². The van der Waals surface area contributed by atoms with Crippen molar-refractivity contribution >= 4 is 22.0 Å². The Hall–Kier alpha value is -2.27. The molecule has 3 rings (SSSR count).